The Morgan fingerprint density at radius 1 is 1.29 bits per heavy atom. The van der Waals surface area contributed by atoms with Gasteiger partial charge in [0.1, 0.15) is 0 Å². The van der Waals surface area contributed by atoms with E-state index in [9.17, 15) is 0 Å². The average molecular weight is 190 g/mol. The Labute approximate surface area is 85.5 Å². The van der Waals surface area contributed by atoms with Crippen LogP contribution in [0.3, 0.4) is 0 Å². The molecule has 0 atom stereocenters. The molecule has 1 aromatic heterocycles. The number of aromatic nitrogens is 1. The molecule has 0 radical (unpaired) electrons. The zero-order chi connectivity index (χ0) is 9.97. The summed E-state index contributed by atoms with van der Waals surface area (Å²) >= 11 is 0. The minimum Gasteiger partial charge on any atom is -0.328 e. The molecule has 0 amide bonds. The molecule has 1 fully saturated rings. The van der Waals surface area contributed by atoms with Crippen LogP contribution in [0.25, 0.3) is 0 Å². The van der Waals surface area contributed by atoms with Crippen LogP contribution in [-0.2, 0) is 0 Å². The summed E-state index contributed by atoms with van der Waals surface area (Å²) in [5.41, 5.74) is 8.46. The van der Waals surface area contributed by atoms with Gasteiger partial charge in [-0.2, -0.15) is 0 Å². The average Bonchev–Trinajstić information content (AvgIpc) is 2.19. The molecule has 0 bridgehead atoms. The molecule has 1 heterocycles. The highest BCUT2D eigenvalue weighted by atomic mass is 14.7. The van der Waals surface area contributed by atoms with Gasteiger partial charge < -0.3 is 5.73 Å². The Morgan fingerprint density at radius 3 is 2.64 bits per heavy atom. The lowest BCUT2D eigenvalue weighted by Crippen LogP contribution is -2.25. The molecule has 1 aliphatic carbocycles. The fraction of sp³-hybridized carbons (Fsp3) is 0.583. The number of hydrogen-bond acceptors (Lipinski definition) is 2. The summed E-state index contributed by atoms with van der Waals surface area (Å²) in [5, 5.41) is 0. The molecule has 0 spiro atoms. The molecule has 2 heteroatoms. The first-order chi connectivity index (χ1) is 6.75. The van der Waals surface area contributed by atoms with Crippen molar-refractivity contribution in [3.8, 4) is 0 Å². The topological polar surface area (TPSA) is 38.9 Å². The van der Waals surface area contributed by atoms with Gasteiger partial charge in [0.25, 0.3) is 0 Å². The van der Waals surface area contributed by atoms with Gasteiger partial charge in [-0.05, 0) is 56.2 Å². The molecular formula is C12H18N2. The first kappa shape index (κ1) is 9.66. The van der Waals surface area contributed by atoms with Crippen molar-refractivity contribution in [2.45, 2.75) is 44.6 Å². The van der Waals surface area contributed by atoms with E-state index in [1.54, 1.807) is 0 Å². The maximum absolute atomic E-state index is 5.89. The van der Waals surface area contributed by atoms with Crippen molar-refractivity contribution >= 4 is 0 Å². The third kappa shape index (κ3) is 2.13. The number of rotatable bonds is 1. The molecule has 0 saturated heterocycles. The van der Waals surface area contributed by atoms with E-state index >= 15 is 0 Å². The first-order valence-electron chi connectivity index (χ1n) is 5.44. The van der Waals surface area contributed by atoms with E-state index in [2.05, 4.69) is 24.0 Å². The molecule has 14 heavy (non-hydrogen) atoms. The van der Waals surface area contributed by atoms with Crippen LogP contribution in [0.2, 0.25) is 0 Å². The highest BCUT2D eigenvalue weighted by Crippen LogP contribution is 2.31. The number of pyridine rings is 1. The normalized spacial score (nSPS) is 27.6. The lowest BCUT2D eigenvalue weighted by molar-refractivity contribution is 0.395. The van der Waals surface area contributed by atoms with Crippen LogP contribution in [0.1, 0.15) is 42.9 Å². The second-order valence-electron chi connectivity index (χ2n) is 4.34. The van der Waals surface area contributed by atoms with E-state index in [1.165, 1.54) is 31.2 Å². The van der Waals surface area contributed by atoms with Gasteiger partial charge in [0, 0.05) is 17.9 Å². The van der Waals surface area contributed by atoms with Gasteiger partial charge in [0.05, 0.1) is 0 Å². The van der Waals surface area contributed by atoms with Gasteiger partial charge in [-0.25, -0.2) is 0 Å². The molecule has 0 unspecified atom stereocenters. The van der Waals surface area contributed by atoms with Crippen LogP contribution < -0.4 is 5.73 Å². The van der Waals surface area contributed by atoms with Crippen molar-refractivity contribution in [1.29, 1.82) is 0 Å². The van der Waals surface area contributed by atoms with E-state index in [0.29, 0.717) is 6.04 Å². The molecule has 0 aromatic carbocycles. The lowest BCUT2D eigenvalue weighted by Gasteiger charge is -2.26. The molecule has 2 rings (SSSR count). The Balaban J connectivity index is 2.08. The summed E-state index contributed by atoms with van der Waals surface area (Å²) in [6.45, 7) is 2.05. The SMILES string of the molecule is Cc1cc(C2CCC(N)CC2)ccn1. The number of nitrogens with two attached hydrogens (primary N) is 1. The van der Waals surface area contributed by atoms with Crippen molar-refractivity contribution in [2.24, 2.45) is 5.73 Å². The van der Waals surface area contributed by atoms with E-state index < -0.39 is 0 Å². The van der Waals surface area contributed by atoms with Crippen LogP contribution in [0.15, 0.2) is 18.3 Å². The molecule has 2 N–H and O–H groups in total. The smallest absolute Gasteiger partial charge is 0.0375 e. The highest BCUT2D eigenvalue weighted by molar-refractivity contribution is 5.20. The Kier molecular flexibility index (Phi) is 2.82. The summed E-state index contributed by atoms with van der Waals surface area (Å²) in [7, 11) is 0. The Hall–Kier alpha value is -0.890. The van der Waals surface area contributed by atoms with E-state index in [4.69, 9.17) is 5.73 Å². The number of nitrogens with zero attached hydrogens (tertiary/aromatic N) is 1. The predicted octanol–water partition coefficient (Wildman–Crippen LogP) is 2.37. The second kappa shape index (κ2) is 4.09. The summed E-state index contributed by atoms with van der Waals surface area (Å²) in [6, 6.07) is 4.80. The van der Waals surface area contributed by atoms with Crippen LogP contribution in [0.4, 0.5) is 0 Å². The van der Waals surface area contributed by atoms with Crippen molar-refractivity contribution in [3.05, 3.63) is 29.6 Å². The predicted molar refractivity (Wildman–Crippen MR) is 58.2 cm³/mol. The summed E-state index contributed by atoms with van der Waals surface area (Å²) in [4.78, 5) is 4.22. The monoisotopic (exact) mass is 190 g/mol. The van der Waals surface area contributed by atoms with Crippen molar-refractivity contribution < 1.29 is 0 Å². The Morgan fingerprint density at radius 2 is 2.00 bits per heavy atom. The van der Waals surface area contributed by atoms with Crippen molar-refractivity contribution in [3.63, 3.8) is 0 Å². The molecular weight excluding hydrogens is 172 g/mol. The number of aryl methyl sites for hydroxylation is 1. The van der Waals surface area contributed by atoms with E-state index in [1.807, 2.05) is 6.20 Å². The zero-order valence-corrected chi connectivity index (χ0v) is 8.74. The van der Waals surface area contributed by atoms with Gasteiger partial charge in [-0.1, -0.05) is 0 Å². The summed E-state index contributed by atoms with van der Waals surface area (Å²) in [5.74, 6) is 0.719. The second-order valence-corrected chi connectivity index (χ2v) is 4.34. The standard InChI is InChI=1S/C12H18N2/c1-9-8-11(6-7-14-9)10-2-4-12(13)5-3-10/h6-8,10,12H,2-5,13H2,1H3. The lowest BCUT2D eigenvalue weighted by atomic mass is 9.82. The summed E-state index contributed by atoms with van der Waals surface area (Å²) in [6.07, 6.45) is 6.74. The first-order valence-corrected chi connectivity index (χ1v) is 5.44. The number of hydrogen-bond donors (Lipinski definition) is 1. The van der Waals surface area contributed by atoms with E-state index in [-0.39, 0.29) is 0 Å². The van der Waals surface area contributed by atoms with Gasteiger partial charge in [-0.3, -0.25) is 4.98 Å². The maximum atomic E-state index is 5.89. The third-order valence-corrected chi connectivity index (χ3v) is 3.16. The van der Waals surface area contributed by atoms with Gasteiger partial charge in [0.15, 0.2) is 0 Å². The fourth-order valence-electron chi connectivity index (χ4n) is 2.27. The maximum Gasteiger partial charge on any atom is 0.0375 e. The van der Waals surface area contributed by atoms with Gasteiger partial charge >= 0.3 is 0 Å². The van der Waals surface area contributed by atoms with Gasteiger partial charge in [0.2, 0.25) is 0 Å². The minimum absolute atomic E-state index is 0.439. The van der Waals surface area contributed by atoms with E-state index in [0.717, 1.165) is 11.6 Å². The van der Waals surface area contributed by atoms with Crippen LogP contribution in [-0.4, -0.2) is 11.0 Å². The zero-order valence-electron chi connectivity index (χ0n) is 8.74. The molecule has 2 nitrogen and oxygen atoms in total. The van der Waals surface area contributed by atoms with Crippen LogP contribution >= 0.6 is 0 Å². The third-order valence-electron chi connectivity index (χ3n) is 3.16. The fourth-order valence-corrected chi connectivity index (χ4v) is 2.27. The summed E-state index contributed by atoms with van der Waals surface area (Å²) < 4.78 is 0. The Bertz CT molecular complexity index is 301. The molecule has 1 aliphatic rings. The van der Waals surface area contributed by atoms with Crippen LogP contribution in [0.5, 0.6) is 0 Å². The minimum atomic E-state index is 0.439. The van der Waals surface area contributed by atoms with Crippen LogP contribution in [0, 0.1) is 6.92 Å². The van der Waals surface area contributed by atoms with Crippen molar-refractivity contribution in [2.75, 3.05) is 0 Å². The highest BCUT2D eigenvalue weighted by Gasteiger charge is 2.19. The largest absolute Gasteiger partial charge is 0.328 e. The quantitative estimate of drug-likeness (QED) is 0.738. The molecule has 76 valence electrons. The van der Waals surface area contributed by atoms with Crippen molar-refractivity contribution in [1.82, 2.24) is 4.98 Å². The molecule has 1 saturated carbocycles. The molecule has 1 aromatic rings. The van der Waals surface area contributed by atoms with Gasteiger partial charge in [-0.15, -0.1) is 0 Å². The molecule has 0 aliphatic heterocycles.